The van der Waals surface area contributed by atoms with Crippen molar-refractivity contribution in [2.45, 2.75) is 26.7 Å². The van der Waals surface area contributed by atoms with Crippen LogP contribution in [0.25, 0.3) is 0 Å². The fourth-order valence-electron chi connectivity index (χ4n) is 1.49. The van der Waals surface area contributed by atoms with Gasteiger partial charge in [0.05, 0.1) is 11.3 Å². The predicted octanol–water partition coefficient (Wildman–Crippen LogP) is 0.468. The van der Waals surface area contributed by atoms with E-state index in [1.807, 2.05) is 13.8 Å². The third-order valence-electron chi connectivity index (χ3n) is 2.14. The zero-order chi connectivity index (χ0) is 10.7. The molecule has 1 aromatic rings. The van der Waals surface area contributed by atoms with E-state index in [9.17, 15) is 0 Å². The zero-order valence-electron chi connectivity index (χ0n) is 8.46. The van der Waals surface area contributed by atoms with Crippen molar-refractivity contribution in [1.82, 2.24) is 10.2 Å². The summed E-state index contributed by atoms with van der Waals surface area (Å²) >= 11 is 0. The first-order valence-electron chi connectivity index (χ1n) is 4.60. The Morgan fingerprint density at radius 1 is 1.29 bits per heavy atom. The molecule has 0 spiro atoms. The molecule has 0 amide bonds. The number of nitrogen functional groups attached to an aromatic ring is 2. The van der Waals surface area contributed by atoms with Crippen molar-refractivity contribution in [1.29, 1.82) is 5.41 Å². The summed E-state index contributed by atoms with van der Waals surface area (Å²) in [5.74, 6) is 0.204. The molecule has 0 aliphatic carbocycles. The van der Waals surface area contributed by atoms with Crippen LogP contribution < -0.4 is 11.5 Å². The quantitative estimate of drug-likeness (QED) is 0.479. The summed E-state index contributed by atoms with van der Waals surface area (Å²) in [6, 6.07) is 0. The lowest BCUT2D eigenvalue weighted by atomic mass is 10.0. The third kappa shape index (κ3) is 1.66. The van der Waals surface area contributed by atoms with Gasteiger partial charge in [0.2, 0.25) is 0 Å². The summed E-state index contributed by atoms with van der Waals surface area (Å²) in [6.45, 7) is 3.98. The van der Waals surface area contributed by atoms with Gasteiger partial charge in [0.1, 0.15) is 5.84 Å². The van der Waals surface area contributed by atoms with E-state index in [0.717, 1.165) is 24.1 Å². The van der Waals surface area contributed by atoms with E-state index in [2.05, 4.69) is 10.2 Å². The van der Waals surface area contributed by atoms with Crippen LogP contribution in [-0.2, 0) is 12.8 Å². The molecule has 0 aliphatic heterocycles. The molecule has 0 bridgehead atoms. The Labute approximate surface area is 83.0 Å². The first-order chi connectivity index (χ1) is 6.61. The molecule has 5 nitrogen and oxygen atoms in total. The average Bonchev–Trinajstić information content (AvgIpc) is 2.16. The number of nitrogens with zero attached hydrogens (tertiary/aromatic N) is 2. The van der Waals surface area contributed by atoms with E-state index in [1.54, 1.807) is 0 Å². The van der Waals surface area contributed by atoms with Crippen molar-refractivity contribution in [3.05, 3.63) is 16.8 Å². The van der Waals surface area contributed by atoms with Crippen LogP contribution in [0.5, 0.6) is 0 Å². The first kappa shape index (κ1) is 10.4. The molecule has 0 unspecified atom stereocenters. The third-order valence-corrected chi connectivity index (χ3v) is 2.14. The Hall–Kier alpha value is -1.65. The molecule has 0 atom stereocenters. The number of rotatable bonds is 3. The topological polar surface area (TPSA) is 102 Å². The molecule has 0 saturated carbocycles. The van der Waals surface area contributed by atoms with Gasteiger partial charge in [-0.05, 0) is 18.4 Å². The van der Waals surface area contributed by atoms with Gasteiger partial charge in [0.15, 0.2) is 5.82 Å². The summed E-state index contributed by atoms with van der Waals surface area (Å²) in [5, 5.41) is 15.2. The fourth-order valence-corrected chi connectivity index (χ4v) is 1.49. The lowest BCUT2D eigenvalue weighted by Gasteiger charge is -2.11. The number of anilines is 1. The monoisotopic (exact) mass is 193 g/mol. The normalized spacial score (nSPS) is 10.1. The van der Waals surface area contributed by atoms with Crippen LogP contribution in [0.3, 0.4) is 0 Å². The summed E-state index contributed by atoms with van der Waals surface area (Å²) in [4.78, 5) is 0. The van der Waals surface area contributed by atoms with Gasteiger partial charge in [0, 0.05) is 0 Å². The highest BCUT2D eigenvalue weighted by Crippen LogP contribution is 2.17. The van der Waals surface area contributed by atoms with Crippen LogP contribution in [-0.4, -0.2) is 16.0 Å². The van der Waals surface area contributed by atoms with E-state index in [4.69, 9.17) is 16.9 Å². The highest BCUT2D eigenvalue weighted by atomic mass is 15.1. The van der Waals surface area contributed by atoms with Crippen LogP contribution in [0.4, 0.5) is 5.82 Å². The van der Waals surface area contributed by atoms with Gasteiger partial charge in [-0.25, -0.2) is 0 Å². The van der Waals surface area contributed by atoms with Gasteiger partial charge >= 0.3 is 0 Å². The Bertz CT molecular complexity index is 358. The molecule has 76 valence electrons. The van der Waals surface area contributed by atoms with Gasteiger partial charge in [-0.15, -0.1) is 5.10 Å². The fraction of sp³-hybridized carbons (Fsp3) is 0.444. The number of hydrogen-bond acceptors (Lipinski definition) is 4. The lowest BCUT2D eigenvalue weighted by molar-refractivity contribution is 0.880. The van der Waals surface area contributed by atoms with Gasteiger partial charge in [-0.3, -0.25) is 5.41 Å². The molecule has 5 heteroatoms. The number of aromatic nitrogens is 2. The van der Waals surface area contributed by atoms with Crippen molar-refractivity contribution in [2.24, 2.45) is 5.73 Å². The van der Waals surface area contributed by atoms with Crippen molar-refractivity contribution in [2.75, 3.05) is 5.73 Å². The van der Waals surface area contributed by atoms with Crippen molar-refractivity contribution in [3.8, 4) is 0 Å². The predicted molar refractivity (Wildman–Crippen MR) is 56.2 cm³/mol. The smallest absolute Gasteiger partial charge is 0.157 e. The maximum absolute atomic E-state index is 7.42. The Kier molecular flexibility index (Phi) is 3.01. The van der Waals surface area contributed by atoms with E-state index in [1.165, 1.54) is 0 Å². The van der Waals surface area contributed by atoms with Crippen LogP contribution in [0, 0.1) is 5.41 Å². The maximum atomic E-state index is 7.42. The molecule has 0 radical (unpaired) electrons. The highest BCUT2D eigenvalue weighted by Gasteiger charge is 2.14. The highest BCUT2D eigenvalue weighted by molar-refractivity contribution is 6.00. The van der Waals surface area contributed by atoms with Crippen LogP contribution in [0.15, 0.2) is 0 Å². The molecule has 0 saturated heterocycles. The van der Waals surface area contributed by atoms with Gasteiger partial charge in [-0.1, -0.05) is 13.8 Å². The van der Waals surface area contributed by atoms with Gasteiger partial charge < -0.3 is 11.5 Å². The zero-order valence-corrected chi connectivity index (χ0v) is 8.46. The minimum atomic E-state index is -0.0380. The summed E-state index contributed by atoms with van der Waals surface area (Å²) < 4.78 is 0. The number of amidine groups is 1. The SMILES string of the molecule is CCc1nnc(N)c(C(=N)N)c1CC. The minimum Gasteiger partial charge on any atom is -0.384 e. The molecule has 0 aliphatic rings. The largest absolute Gasteiger partial charge is 0.384 e. The first-order valence-corrected chi connectivity index (χ1v) is 4.60. The van der Waals surface area contributed by atoms with Crippen molar-refractivity contribution < 1.29 is 0 Å². The summed E-state index contributed by atoms with van der Waals surface area (Å²) in [6.07, 6.45) is 1.54. The molecule has 1 rings (SSSR count). The van der Waals surface area contributed by atoms with Crippen molar-refractivity contribution in [3.63, 3.8) is 0 Å². The van der Waals surface area contributed by atoms with Crippen LogP contribution in [0.2, 0.25) is 0 Å². The van der Waals surface area contributed by atoms with E-state index in [-0.39, 0.29) is 11.7 Å². The number of hydrogen-bond donors (Lipinski definition) is 3. The Balaban J connectivity index is 3.42. The van der Waals surface area contributed by atoms with Crippen LogP contribution >= 0.6 is 0 Å². The second-order valence-electron chi connectivity index (χ2n) is 3.01. The number of nitrogens with one attached hydrogen (secondary N) is 1. The molecule has 14 heavy (non-hydrogen) atoms. The second kappa shape index (κ2) is 4.04. The van der Waals surface area contributed by atoms with Crippen molar-refractivity contribution >= 4 is 11.7 Å². The number of nitrogens with two attached hydrogens (primary N) is 2. The molecular weight excluding hydrogens is 178 g/mol. The van der Waals surface area contributed by atoms with Gasteiger partial charge in [0.25, 0.3) is 0 Å². The summed E-state index contributed by atoms with van der Waals surface area (Å²) in [5.41, 5.74) is 13.4. The van der Waals surface area contributed by atoms with E-state index >= 15 is 0 Å². The Morgan fingerprint density at radius 2 is 1.93 bits per heavy atom. The number of aryl methyl sites for hydroxylation is 1. The molecular formula is C9H15N5. The second-order valence-corrected chi connectivity index (χ2v) is 3.01. The average molecular weight is 193 g/mol. The maximum Gasteiger partial charge on any atom is 0.157 e. The minimum absolute atomic E-state index is 0.0380. The van der Waals surface area contributed by atoms with E-state index in [0.29, 0.717) is 5.56 Å². The molecule has 1 heterocycles. The standard InChI is InChI=1S/C9H15N5/c1-3-5-6(4-2)13-14-9(12)7(5)8(10)11/h3-4H2,1-2H3,(H3,10,11)(H2,12,14). The molecule has 5 N–H and O–H groups in total. The summed E-state index contributed by atoms with van der Waals surface area (Å²) in [7, 11) is 0. The lowest BCUT2D eigenvalue weighted by Crippen LogP contribution is -2.19. The van der Waals surface area contributed by atoms with Gasteiger partial charge in [-0.2, -0.15) is 5.10 Å². The molecule has 0 fully saturated rings. The Morgan fingerprint density at radius 3 is 2.36 bits per heavy atom. The molecule has 1 aromatic heterocycles. The van der Waals surface area contributed by atoms with E-state index < -0.39 is 0 Å². The van der Waals surface area contributed by atoms with Crippen LogP contribution in [0.1, 0.15) is 30.7 Å². The molecule has 0 aromatic carbocycles.